The molecule has 37 heavy (non-hydrogen) atoms. The number of nitrogens with one attached hydrogen (secondary N) is 2. The lowest BCUT2D eigenvalue weighted by Crippen LogP contribution is -2.65. The number of aryl methyl sites for hydroxylation is 1. The first-order valence-corrected chi connectivity index (χ1v) is 11.8. The maximum atomic E-state index is 12.0. The molecule has 1 fully saturated rings. The molecule has 0 aliphatic carbocycles. The molecule has 13 nitrogen and oxygen atoms in total. The predicted molar refractivity (Wildman–Crippen MR) is 127 cm³/mol. The molecule has 13 heteroatoms. The molecular weight excluding hydrogens is 488 g/mol. The van der Waals surface area contributed by atoms with Gasteiger partial charge in [0.1, 0.15) is 12.7 Å². The molecule has 2 N–H and O–H groups in total. The first-order chi connectivity index (χ1) is 17.6. The number of ether oxygens (including phenoxy) is 5. The van der Waals surface area contributed by atoms with E-state index in [1.807, 2.05) is 24.3 Å². The maximum absolute atomic E-state index is 12.0. The number of hydrazone groups is 1. The number of esters is 4. The van der Waals surface area contributed by atoms with Gasteiger partial charge in [0.05, 0.1) is 6.54 Å². The van der Waals surface area contributed by atoms with Gasteiger partial charge >= 0.3 is 23.9 Å². The molecule has 202 valence electrons. The number of amidine groups is 1. The van der Waals surface area contributed by atoms with Crippen molar-refractivity contribution in [2.24, 2.45) is 5.10 Å². The van der Waals surface area contributed by atoms with Crippen molar-refractivity contribution in [1.29, 1.82) is 0 Å². The second kappa shape index (κ2) is 12.5. The standard InChI is InChI=1S/C24H32N4O9/c1-6-17-7-9-18(10-8-17)11-28-26-24(25-27-28)23-22(36-16(5)32)21(35-15(4)31)20(34-14(3)30)19(37-23)12-33-13(2)29/h7-10,19-23,27H,6,11-12H2,1-5H3,(H,25,26)/t19-,20-,21+,22-,23-/m1/s1. The highest BCUT2D eigenvalue weighted by Crippen LogP contribution is 2.30. The first kappa shape index (κ1) is 27.9. The van der Waals surface area contributed by atoms with Gasteiger partial charge < -0.3 is 23.7 Å². The molecule has 3 rings (SSSR count). The average Bonchev–Trinajstić information content (AvgIpc) is 3.28. The summed E-state index contributed by atoms with van der Waals surface area (Å²) in [6, 6.07) is 8.06. The summed E-state index contributed by atoms with van der Waals surface area (Å²) < 4.78 is 27.5. The van der Waals surface area contributed by atoms with Crippen LogP contribution in [0.4, 0.5) is 0 Å². The minimum atomic E-state index is -1.27. The molecule has 2 heterocycles. The molecule has 0 spiro atoms. The number of hydrazine groups is 2. The summed E-state index contributed by atoms with van der Waals surface area (Å²) in [7, 11) is 0. The minimum Gasteiger partial charge on any atom is -0.463 e. The smallest absolute Gasteiger partial charge is 0.303 e. The molecule has 2 aliphatic rings. The van der Waals surface area contributed by atoms with Gasteiger partial charge in [0.15, 0.2) is 30.3 Å². The first-order valence-electron chi connectivity index (χ1n) is 11.8. The van der Waals surface area contributed by atoms with Crippen LogP contribution < -0.4 is 11.0 Å². The van der Waals surface area contributed by atoms with Crippen LogP contribution in [0.15, 0.2) is 29.4 Å². The zero-order valence-electron chi connectivity index (χ0n) is 21.4. The van der Waals surface area contributed by atoms with Crippen molar-refractivity contribution in [3.05, 3.63) is 35.4 Å². The fourth-order valence-electron chi connectivity index (χ4n) is 4.02. The number of benzene rings is 1. The highest BCUT2D eigenvalue weighted by atomic mass is 16.7. The van der Waals surface area contributed by atoms with E-state index in [2.05, 4.69) is 23.0 Å². The van der Waals surface area contributed by atoms with Crippen molar-refractivity contribution >= 4 is 29.7 Å². The van der Waals surface area contributed by atoms with Gasteiger partial charge in [-0.05, 0) is 17.5 Å². The minimum absolute atomic E-state index is 0.211. The third-order valence-corrected chi connectivity index (χ3v) is 5.57. The van der Waals surface area contributed by atoms with Crippen molar-refractivity contribution in [3.8, 4) is 0 Å². The molecule has 2 aliphatic heterocycles. The van der Waals surface area contributed by atoms with Gasteiger partial charge in [0.25, 0.3) is 0 Å². The van der Waals surface area contributed by atoms with Crippen LogP contribution in [0, 0.1) is 0 Å². The van der Waals surface area contributed by atoms with E-state index in [-0.39, 0.29) is 12.4 Å². The zero-order valence-corrected chi connectivity index (χ0v) is 21.4. The summed E-state index contributed by atoms with van der Waals surface area (Å²) in [5.41, 5.74) is 8.09. The lowest BCUT2D eigenvalue weighted by molar-refractivity contribution is -0.241. The fraction of sp³-hybridized carbons (Fsp3) is 0.542. The van der Waals surface area contributed by atoms with Crippen LogP contribution in [0.1, 0.15) is 45.7 Å². The van der Waals surface area contributed by atoms with Crippen LogP contribution in [0.25, 0.3) is 0 Å². The van der Waals surface area contributed by atoms with Gasteiger partial charge in [-0.25, -0.2) is 5.53 Å². The van der Waals surface area contributed by atoms with Gasteiger partial charge in [-0.15, -0.1) is 10.2 Å². The largest absolute Gasteiger partial charge is 0.463 e. The molecule has 0 aromatic heterocycles. The highest BCUT2D eigenvalue weighted by Gasteiger charge is 2.54. The molecule has 5 atom stereocenters. The van der Waals surface area contributed by atoms with E-state index < -0.39 is 54.4 Å². The van der Waals surface area contributed by atoms with Crippen LogP contribution in [0.5, 0.6) is 0 Å². The molecule has 0 bridgehead atoms. The lowest BCUT2D eigenvalue weighted by Gasteiger charge is -2.44. The van der Waals surface area contributed by atoms with E-state index in [9.17, 15) is 19.2 Å². The fourth-order valence-corrected chi connectivity index (χ4v) is 4.02. The second-order valence-corrected chi connectivity index (χ2v) is 8.58. The second-order valence-electron chi connectivity index (χ2n) is 8.58. The van der Waals surface area contributed by atoms with Crippen LogP contribution in [-0.2, 0) is 55.8 Å². The molecule has 0 radical (unpaired) electrons. The predicted octanol–water partition coefficient (Wildman–Crippen LogP) is 0.513. The molecule has 0 unspecified atom stereocenters. The number of rotatable bonds is 9. The maximum Gasteiger partial charge on any atom is 0.303 e. The van der Waals surface area contributed by atoms with Crippen LogP contribution in [0.2, 0.25) is 0 Å². The van der Waals surface area contributed by atoms with Gasteiger partial charge in [0.2, 0.25) is 0 Å². The van der Waals surface area contributed by atoms with Crippen molar-refractivity contribution in [2.45, 2.75) is 78.1 Å². The highest BCUT2D eigenvalue weighted by molar-refractivity contribution is 5.88. The Morgan fingerprint density at radius 2 is 1.43 bits per heavy atom. The number of nitrogens with zero attached hydrogens (tertiary/aromatic N) is 2. The Hall–Kier alpha value is -3.71. The van der Waals surface area contributed by atoms with E-state index in [1.165, 1.54) is 26.3 Å². The van der Waals surface area contributed by atoms with E-state index in [0.29, 0.717) is 6.54 Å². The quantitative estimate of drug-likeness (QED) is 0.344. The summed E-state index contributed by atoms with van der Waals surface area (Å²) >= 11 is 0. The molecule has 0 saturated carbocycles. The Morgan fingerprint density at radius 1 is 0.865 bits per heavy atom. The van der Waals surface area contributed by atoms with Crippen LogP contribution in [0.3, 0.4) is 0 Å². The summed E-state index contributed by atoms with van der Waals surface area (Å²) in [5, 5.41) is 5.85. The van der Waals surface area contributed by atoms with Crippen LogP contribution in [-0.4, -0.2) is 72.0 Å². The number of hydrogen-bond acceptors (Lipinski definition) is 13. The summed E-state index contributed by atoms with van der Waals surface area (Å²) in [6.07, 6.45) is -4.98. The van der Waals surface area contributed by atoms with Gasteiger partial charge in [-0.3, -0.25) is 24.6 Å². The topological polar surface area (TPSA) is 154 Å². The molecule has 1 aromatic rings. The van der Waals surface area contributed by atoms with E-state index >= 15 is 0 Å². The monoisotopic (exact) mass is 520 g/mol. The summed E-state index contributed by atoms with van der Waals surface area (Å²) in [4.78, 5) is 47.3. The molecule has 0 amide bonds. The third-order valence-electron chi connectivity index (χ3n) is 5.57. The number of hydrogen-bond donors (Lipinski definition) is 2. The number of carbonyl (C=O) groups is 4. The average molecular weight is 521 g/mol. The zero-order chi connectivity index (χ0) is 27.1. The Labute approximate surface area is 214 Å². The summed E-state index contributed by atoms with van der Waals surface area (Å²) in [6.45, 7) is 6.90. The van der Waals surface area contributed by atoms with Crippen molar-refractivity contribution in [2.75, 3.05) is 6.61 Å². The van der Waals surface area contributed by atoms with Crippen molar-refractivity contribution in [3.63, 3.8) is 0 Å². The third kappa shape index (κ3) is 7.64. The van der Waals surface area contributed by atoms with E-state index in [1.54, 1.807) is 5.12 Å². The lowest BCUT2D eigenvalue weighted by atomic mass is 9.93. The van der Waals surface area contributed by atoms with E-state index in [4.69, 9.17) is 23.7 Å². The Balaban J connectivity index is 1.86. The summed E-state index contributed by atoms with van der Waals surface area (Å²) in [5.74, 6) is -2.47. The van der Waals surface area contributed by atoms with Crippen molar-refractivity contribution < 1.29 is 42.9 Å². The van der Waals surface area contributed by atoms with Gasteiger partial charge in [-0.2, -0.15) is 0 Å². The Bertz CT molecular complexity index is 1030. The number of carbonyl (C=O) groups excluding carboxylic acids is 4. The Kier molecular flexibility index (Phi) is 9.42. The van der Waals surface area contributed by atoms with Gasteiger partial charge in [0, 0.05) is 27.7 Å². The Morgan fingerprint density at radius 3 is 2.00 bits per heavy atom. The molecular formula is C24H32N4O9. The van der Waals surface area contributed by atoms with Crippen LogP contribution >= 0.6 is 0 Å². The van der Waals surface area contributed by atoms with Gasteiger partial charge in [-0.1, -0.05) is 31.2 Å². The SMILES string of the molecule is CCc1ccc(CN2NN=C([C@@H]3O[C@H](COC(C)=O)[C@@H](OC(C)=O)[C@H](OC(C)=O)[C@H]3OC(C)=O)N2)cc1. The van der Waals surface area contributed by atoms with E-state index in [0.717, 1.165) is 18.9 Å². The normalized spacial score (nSPS) is 25.2. The van der Waals surface area contributed by atoms with Crippen molar-refractivity contribution in [1.82, 2.24) is 16.1 Å². The molecule has 1 aromatic carbocycles. The molecule has 1 saturated heterocycles.